The predicted molar refractivity (Wildman–Crippen MR) is 90.7 cm³/mol. The lowest BCUT2D eigenvalue weighted by atomic mass is 10.1. The summed E-state index contributed by atoms with van der Waals surface area (Å²) in [6.07, 6.45) is 0. The van der Waals surface area contributed by atoms with Gasteiger partial charge in [-0.3, -0.25) is 4.79 Å². The number of anilines is 1. The maximum Gasteiger partial charge on any atom is 0.253 e. The highest BCUT2D eigenvalue weighted by Gasteiger charge is 2.23. The number of para-hydroxylation sites is 1. The standard InChI is InChI=1S/C18H19ClN2O/c1-14-5-4-6-15(13-14)18(22)21-11-9-20(10-12-21)17-8-3-2-7-16(17)19/h2-8,13H,9-12H2,1H3. The minimum Gasteiger partial charge on any atom is -0.367 e. The Morgan fingerprint density at radius 1 is 1.00 bits per heavy atom. The van der Waals surface area contributed by atoms with Crippen molar-refractivity contribution in [1.29, 1.82) is 0 Å². The van der Waals surface area contributed by atoms with Gasteiger partial charge in [0, 0.05) is 31.7 Å². The van der Waals surface area contributed by atoms with Crippen LogP contribution in [0.5, 0.6) is 0 Å². The van der Waals surface area contributed by atoms with Crippen LogP contribution in [0.3, 0.4) is 0 Å². The fourth-order valence-electron chi connectivity index (χ4n) is 2.82. The van der Waals surface area contributed by atoms with E-state index in [-0.39, 0.29) is 5.91 Å². The van der Waals surface area contributed by atoms with Crippen molar-refractivity contribution in [2.24, 2.45) is 0 Å². The fourth-order valence-corrected chi connectivity index (χ4v) is 3.07. The summed E-state index contributed by atoms with van der Waals surface area (Å²) in [7, 11) is 0. The molecule has 3 rings (SSSR count). The highest BCUT2D eigenvalue weighted by atomic mass is 35.5. The van der Waals surface area contributed by atoms with Gasteiger partial charge < -0.3 is 9.80 Å². The molecule has 114 valence electrons. The van der Waals surface area contributed by atoms with Gasteiger partial charge in [-0.25, -0.2) is 0 Å². The van der Waals surface area contributed by atoms with Crippen LogP contribution in [0, 0.1) is 6.92 Å². The summed E-state index contributed by atoms with van der Waals surface area (Å²) in [5.41, 5.74) is 2.93. The summed E-state index contributed by atoms with van der Waals surface area (Å²) < 4.78 is 0. The number of amides is 1. The molecule has 0 atom stereocenters. The average Bonchev–Trinajstić information content (AvgIpc) is 2.55. The molecule has 0 spiro atoms. The predicted octanol–water partition coefficient (Wildman–Crippen LogP) is 3.61. The van der Waals surface area contributed by atoms with E-state index in [9.17, 15) is 4.79 Å². The number of hydrogen-bond acceptors (Lipinski definition) is 2. The van der Waals surface area contributed by atoms with Gasteiger partial charge in [-0.05, 0) is 31.2 Å². The summed E-state index contributed by atoms with van der Waals surface area (Å²) in [4.78, 5) is 16.7. The van der Waals surface area contributed by atoms with Crippen molar-refractivity contribution in [3.63, 3.8) is 0 Å². The van der Waals surface area contributed by atoms with E-state index in [4.69, 9.17) is 11.6 Å². The molecule has 2 aromatic rings. The molecule has 22 heavy (non-hydrogen) atoms. The quantitative estimate of drug-likeness (QED) is 0.845. The van der Waals surface area contributed by atoms with E-state index >= 15 is 0 Å². The normalized spacial score (nSPS) is 15.0. The van der Waals surface area contributed by atoms with E-state index in [1.807, 2.05) is 60.4 Å². The first-order valence-electron chi connectivity index (χ1n) is 7.50. The second-order valence-electron chi connectivity index (χ2n) is 5.60. The van der Waals surface area contributed by atoms with Gasteiger partial charge in [0.25, 0.3) is 5.91 Å². The molecule has 1 aliphatic rings. The Morgan fingerprint density at radius 3 is 2.41 bits per heavy atom. The van der Waals surface area contributed by atoms with Crippen molar-refractivity contribution >= 4 is 23.2 Å². The molecular weight excluding hydrogens is 296 g/mol. The average molecular weight is 315 g/mol. The molecule has 1 saturated heterocycles. The van der Waals surface area contributed by atoms with Crippen LogP contribution in [0.4, 0.5) is 5.69 Å². The third kappa shape index (κ3) is 3.09. The molecule has 0 saturated carbocycles. The number of carbonyl (C=O) groups excluding carboxylic acids is 1. The van der Waals surface area contributed by atoms with Crippen molar-refractivity contribution in [1.82, 2.24) is 4.90 Å². The van der Waals surface area contributed by atoms with Crippen LogP contribution < -0.4 is 4.90 Å². The largest absolute Gasteiger partial charge is 0.367 e. The van der Waals surface area contributed by atoms with Gasteiger partial charge in [0.05, 0.1) is 10.7 Å². The zero-order chi connectivity index (χ0) is 15.5. The Hall–Kier alpha value is -2.00. The second-order valence-corrected chi connectivity index (χ2v) is 6.01. The molecular formula is C18H19ClN2O. The van der Waals surface area contributed by atoms with Gasteiger partial charge in [-0.15, -0.1) is 0 Å². The monoisotopic (exact) mass is 314 g/mol. The topological polar surface area (TPSA) is 23.6 Å². The summed E-state index contributed by atoms with van der Waals surface area (Å²) in [5, 5.41) is 0.765. The lowest BCUT2D eigenvalue weighted by Crippen LogP contribution is -2.48. The first-order chi connectivity index (χ1) is 10.6. The minimum atomic E-state index is 0.113. The number of carbonyl (C=O) groups is 1. The highest BCUT2D eigenvalue weighted by molar-refractivity contribution is 6.33. The maximum atomic E-state index is 12.5. The van der Waals surface area contributed by atoms with Crippen LogP contribution >= 0.6 is 11.6 Å². The van der Waals surface area contributed by atoms with Crippen LogP contribution in [0.1, 0.15) is 15.9 Å². The van der Waals surface area contributed by atoms with E-state index in [1.165, 1.54) is 0 Å². The number of nitrogens with zero attached hydrogens (tertiary/aromatic N) is 2. The Bertz CT molecular complexity index is 678. The molecule has 0 bridgehead atoms. The lowest BCUT2D eigenvalue weighted by Gasteiger charge is -2.36. The molecule has 0 aromatic heterocycles. The molecule has 1 aliphatic heterocycles. The number of piperazine rings is 1. The molecule has 1 fully saturated rings. The molecule has 0 unspecified atom stereocenters. The van der Waals surface area contributed by atoms with Gasteiger partial charge in [0.1, 0.15) is 0 Å². The molecule has 0 aliphatic carbocycles. The van der Waals surface area contributed by atoms with Crippen molar-refractivity contribution < 1.29 is 4.79 Å². The number of rotatable bonds is 2. The van der Waals surface area contributed by atoms with Crippen molar-refractivity contribution in [2.75, 3.05) is 31.1 Å². The number of aryl methyl sites for hydroxylation is 1. The summed E-state index contributed by atoms with van der Waals surface area (Å²) in [6.45, 7) is 5.06. The maximum absolute atomic E-state index is 12.5. The Morgan fingerprint density at radius 2 is 1.73 bits per heavy atom. The summed E-state index contributed by atoms with van der Waals surface area (Å²) >= 11 is 6.25. The zero-order valence-electron chi connectivity index (χ0n) is 12.6. The van der Waals surface area contributed by atoms with E-state index in [1.54, 1.807) is 0 Å². The molecule has 4 heteroatoms. The second kappa shape index (κ2) is 6.41. The van der Waals surface area contributed by atoms with Gasteiger partial charge in [-0.2, -0.15) is 0 Å². The van der Waals surface area contributed by atoms with E-state index in [0.29, 0.717) is 0 Å². The number of halogens is 1. The molecule has 0 N–H and O–H groups in total. The van der Waals surface area contributed by atoms with Gasteiger partial charge in [0.15, 0.2) is 0 Å². The smallest absolute Gasteiger partial charge is 0.253 e. The van der Waals surface area contributed by atoms with E-state index in [0.717, 1.165) is 48.0 Å². The Kier molecular flexibility index (Phi) is 4.34. The SMILES string of the molecule is Cc1cccc(C(=O)N2CCN(c3ccccc3Cl)CC2)c1. The summed E-state index contributed by atoms with van der Waals surface area (Å²) in [5.74, 6) is 0.113. The van der Waals surface area contributed by atoms with Crippen molar-refractivity contribution in [3.8, 4) is 0 Å². The fraction of sp³-hybridized carbons (Fsp3) is 0.278. The van der Waals surface area contributed by atoms with Crippen molar-refractivity contribution in [3.05, 3.63) is 64.7 Å². The van der Waals surface area contributed by atoms with Gasteiger partial charge in [0.2, 0.25) is 0 Å². The van der Waals surface area contributed by atoms with Crippen LogP contribution in [0.2, 0.25) is 5.02 Å². The van der Waals surface area contributed by atoms with Crippen LogP contribution in [0.15, 0.2) is 48.5 Å². The van der Waals surface area contributed by atoms with Crippen LogP contribution in [-0.4, -0.2) is 37.0 Å². The number of benzene rings is 2. The zero-order valence-corrected chi connectivity index (χ0v) is 13.4. The summed E-state index contributed by atoms with van der Waals surface area (Å²) in [6, 6.07) is 15.6. The van der Waals surface area contributed by atoms with E-state index < -0.39 is 0 Å². The molecule has 3 nitrogen and oxygen atoms in total. The van der Waals surface area contributed by atoms with E-state index in [2.05, 4.69) is 4.90 Å². The molecule has 1 heterocycles. The molecule has 0 radical (unpaired) electrons. The third-order valence-corrected chi connectivity index (χ3v) is 4.34. The molecule has 1 amide bonds. The first-order valence-corrected chi connectivity index (χ1v) is 7.88. The Balaban J connectivity index is 1.67. The van der Waals surface area contributed by atoms with Crippen molar-refractivity contribution in [2.45, 2.75) is 6.92 Å². The third-order valence-electron chi connectivity index (χ3n) is 4.03. The minimum absolute atomic E-state index is 0.113. The Labute approximate surface area is 136 Å². The van der Waals surface area contributed by atoms with Crippen LogP contribution in [-0.2, 0) is 0 Å². The highest BCUT2D eigenvalue weighted by Crippen LogP contribution is 2.26. The van der Waals surface area contributed by atoms with Crippen LogP contribution in [0.25, 0.3) is 0 Å². The van der Waals surface area contributed by atoms with Gasteiger partial charge in [-0.1, -0.05) is 41.4 Å². The first kappa shape index (κ1) is 14.9. The molecule has 2 aromatic carbocycles. The lowest BCUT2D eigenvalue weighted by molar-refractivity contribution is 0.0746. The number of hydrogen-bond donors (Lipinski definition) is 0. The van der Waals surface area contributed by atoms with Gasteiger partial charge >= 0.3 is 0 Å².